The smallest absolute Gasteiger partial charge is 0.229 e. The standard InChI is InChI=1S/C31H36N6/c1-2-10-18-36(17-9-1)30-22-29(33-31(34-30)37-19-11-3-4-12-20-37)35-32-23-28-26-15-7-5-13-24(26)21-25-14-6-8-16-27(25)28/h5-8,13-16,21-23H,1-4,9-12,17-20H2,(H,33,34,35). The third-order valence-electron chi connectivity index (χ3n) is 7.71. The first-order valence-electron chi connectivity index (χ1n) is 13.9. The average molecular weight is 493 g/mol. The average Bonchev–Trinajstić information content (AvgIpc) is 3.39. The van der Waals surface area contributed by atoms with Gasteiger partial charge in [-0.25, -0.2) is 0 Å². The summed E-state index contributed by atoms with van der Waals surface area (Å²) in [5.74, 6) is 2.61. The number of anilines is 3. The predicted octanol–water partition coefficient (Wildman–Crippen LogP) is 6.99. The van der Waals surface area contributed by atoms with Crippen LogP contribution in [0.25, 0.3) is 21.5 Å². The molecule has 6 rings (SSSR count). The zero-order chi connectivity index (χ0) is 24.9. The highest BCUT2D eigenvalue weighted by atomic mass is 15.4. The SMILES string of the molecule is C(=NNc1cc(N2CCCCCC2)nc(N2CCCCCC2)n1)c1c2ccccc2cc2ccccc12. The molecule has 37 heavy (non-hydrogen) atoms. The van der Waals surface area contributed by atoms with Crippen LogP contribution in [0.5, 0.6) is 0 Å². The minimum Gasteiger partial charge on any atom is -0.356 e. The minimum absolute atomic E-state index is 0.759. The number of aromatic nitrogens is 2. The van der Waals surface area contributed by atoms with Gasteiger partial charge in [-0.15, -0.1) is 0 Å². The van der Waals surface area contributed by atoms with Crippen LogP contribution in [-0.4, -0.2) is 42.4 Å². The highest BCUT2D eigenvalue weighted by molar-refractivity contribution is 6.13. The quantitative estimate of drug-likeness (QED) is 0.185. The Morgan fingerprint density at radius 1 is 0.649 bits per heavy atom. The van der Waals surface area contributed by atoms with Gasteiger partial charge in [-0.1, -0.05) is 74.2 Å². The van der Waals surface area contributed by atoms with E-state index in [1.165, 1.54) is 72.9 Å². The Bertz CT molecular complexity index is 1290. The lowest BCUT2D eigenvalue weighted by molar-refractivity contribution is 0.726. The molecule has 4 aromatic rings. The molecule has 0 unspecified atom stereocenters. The highest BCUT2D eigenvalue weighted by Gasteiger charge is 2.18. The second-order valence-electron chi connectivity index (χ2n) is 10.3. The molecule has 3 aromatic carbocycles. The monoisotopic (exact) mass is 492 g/mol. The molecule has 2 aliphatic rings. The first kappa shape index (κ1) is 23.7. The van der Waals surface area contributed by atoms with E-state index in [1.807, 2.05) is 6.21 Å². The lowest BCUT2D eigenvalue weighted by atomic mass is 9.97. The van der Waals surface area contributed by atoms with Crippen LogP contribution in [0, 0.1) is 0 Å². The van der Waals surface area contributed by atoms with Crippen molar-refractivity contribution in [3.05, 3.63) is 66.2 Å². The van der Waals surface area contributed by atoms with Crippen LogP contribution < -0.4 is 15.2 Å². The molecular formula is C31H36N6. The van der Waals surface area contributed by atoms with Crippen molar-refractivity contribution in [2.45, 2.75) is 51.4 Å². The van der Waals surface area contributed by atoms with Crippen LogP contribution in [0.4, 0.5) is 17.6 Å². The Labute approximate surface area is 219 Å². The van der Waals surface area contributed by atoms with Gasteiger partial charge < -0.3 is 9.80 Å². The van der Waals surface area contributed by atoms with Crippen molar-refractivity contribution in [3.8, 4) is 0 Å². The first-order valence-corrected chi connectivity index (χ1v) is 13.9. The van der Waals surface area contributed by atoms with E-state index < -0.39 is 0 Å². The van der Waals surface area contributed by atoms with Crippen molar-refractivity contribution in [3.63, 3.8) is 0 Å². The molecule has 0 spiro atoms. The largest absolute Gasteiger partial charge is 0.356 e. The summed E-state index contributed by atoms with van der Waals surface area (Å²) in [6, 6.07) is 21.4. The Morgan fingerprint density at radius 2 is 1.22 bits per heavy atom. The van der Waals surface area contributed by atoms with Gasteiger partial charge in [0.25, 0.3) is 0 Å². The molecule has 0 saturated carbocycles. The molecule has 0 amide bonds. The summed E-state index contributed by atoms with van der Waals surface area (Å²) < 4.78 is 0. The summed E-state index contributed by atoms with van der Waals surface area (Å²) in [7, 11) is 0. The van der Waals surface area contributed by atoms with E-state index in [1.54, 1.807) is 0 Å². The van der Waals surface area contributed by atoms with Gasteiger partial charge in [0, 0.05) is 37.8 Å². The van der Waals surface area contributed by atoms with E-state index in [2.05, 4.69) is 75.9 Å². The fourth-order valence-electron chi connectivity index (χ4n) is 5.70. The van der Waals surface area contributed by atoms with Crippen LogP contribution in [0.1, 0.15) is 56.9 Å². The van der Waals surface area contributed by atoms with Crippen molar-refractivity contribution in [1.29, 1.82) is 0 Å². The maximum absolute atomic E-state index is 5.06. The summed E-state index contributed by atoms with van der Waals surface area (Å²) in [6.07, 6.45) is 12.0. The normalized spacial score (nSPS) is 17.3. The lowest BCUT2D eigenvalue weighted by Gasteiger charge is -2.25. The molecular weight excluding hydrogens is 456 g/mol. The van der Waals surface area contributed by atoms with E-state index in [0.717, 1.165) is 49.3 Å². The van der Waals surface area contributed by atoms with Gasteiger partial charge in [0.1, 0.15) is 5.82 Å². The van der Waals surface area contributed by atoms with E-state index in [0.29, 0.717) is 0 Å². The number of hydrogen-bond acceptors (Lipinski definition) is 6. The summed E-state index contributed by atoms with van der Waals surface area (Å²) in [6.45, 7) is 4.16. The zero-order valence-electron chi connectivity index (χ0n) is 21.6. The van der Waals surface area contributed by atoms with Crippen LogP contribution in [0.3, 0.4) is 0 Å². The number of fused-ring (bicyclic) bond motifs is 2. The summed E-state index contributed by atoms with van der Waals surface area (Å²) >= 11 is 0. The van der Waals surface area contributed by atoms with Crippen LogP contribution in [0.15, 0.2) is 65.8 Å². The van der Waals surface area contributed by atoms with Gasteiger partial charge in [-0.2, -0.15) is 15.1 Å². The molecule has 2 saturated heterocycles. The Balaban J connectivity index is 1.34. The minimum atomic E-state index is 0.759. The predicted molar refractivity (Wildman–Crippen MR) is 156 cm³/mol. The molecule has 3 heterocycles. The Hall–Kier alpha value is -3.67. The number of hydrogen-bond donors (Lipinski definition) is 1. The summed E-state index contributed by atoms with van der Waals surface area (Å²) in [5.41, 5.74) is 4.40. The molecule has 2 fully saturated rings. The van der Waals surface area contributed by atoms with Crippen molar-refractivity contribution in [1.82, 2.24) is 9.97 Å². The number of rotatable bonds is 5. The maximum atomic E-state index is 5.06. The molecule has 1 N–H and O–H groups in total. The van der Waals surface area contributed by atoms with Gasteiger partial charge in [0.15, 0.2) is 5.82 Å². The molecule has 6 nitrogen and oxygen atoms in total. The van der Waals surface area contributed by atoms with Gasteiger partial charge in [0.05, 0.1) is 6.21 Å². The zero-order valence-corrected chi connectivity index (χ0v) is 21.6. The van der Waals surface area contributed by atoms with Gasteiger partial charge >= 0.3 is 0 Å². The number of benzene rings is 3. The van der Waals surface area contributed by atoms with Crippen molar-refractivity contribution in [2.75, 3.05) is 41.4 Å². The summed E-state index contributed by atoms with van der Waals surface area (Å²) in [4.78, 5) is 14.8. The first-order chi connectivity index (χ1) is 18.3. The fraction of sp³-hybridized carbons (Fsp3) is 0.387. The second-order valence-corrected chi connectivity index (χ2v) is 10.3. The molecule has 0 atom stereocenters. The van der Waals surface area contributed by atoms with Gasteiger partial charge in [-0.3, -0.25) is 5.43 Å². The molecule has 6 heteroatoms. The van der Waals surface area contributed by atoms with E-state index >= 15 is 0 Å². The Kier molecular flexibility index (Phi) is 7.15. The molecule has 0 aliphatic carbocycles. The number of nitrogens with one attached hydrogen (secondary N) is 1. The molecule has 0 radical (unpaired) electrons. The van der Waals surface area contributed by atoms with Gasteiger partial charge in [-0.05, 0) is 53.3 Å². The molecule has 190 valence electrons. The van der Waals surface area contributed by atoms with Crippen LogP contribution in [0.2, 0.25) is 0 Å². The van der Waals surface area contributed by atoms with Crippen molar-refractivity contribution in [2.24, 2.45) is 5.10 Å². The molecule has 1 aromatic heterocycles. The van der Waals surface area contributed by atoms with Gasteiger partial charge in [0.2, 0.25) is 5.95 Å². The third kappa shape index (κ3) is 5.38. The number of hydrazone groups is 1. The Morgan fingerprint density at radius 3 is 1.84 bits per heavy atom. The maximum Gasteiger partial charge on any atom is 0.229 e. The molecule has 2 aliphatic heterocycles. The third-order valence-corrected chi connectivity index (χ3v) is 7.71. The van der Waals surface area contributed by atoms with Crippen molar-refractivity contribution >= 4 is 45.3 Å². The topological polar surface area (TPSA) is 56.7 Å². The second kappa shape index (κ2) is 11.2. The molecule has 0 bridgehead atoms. The van der Waals surface area contributed by atoms with Crippen molar-refractivity contribution < 1.29 is 0 Å². The highest BCUT2D eigenvalue weighted by Crippen LogP contribution is 2.28. The van der Waals surface area contributed by atoms with Crippen LogP contribution >= 0.6 is 0 Å². The lowest BCUT2D eigenvalue weighted by Crippen LogP contribution is -2.29. The van der Waals surface area contributed by atoms with E-state index in [9.17, 15) is 0 Å². The van der Waals surface area contributed by atoms with E-state index in [-0.39, 0.29) is 0 Å². The number of nitrogens with zero attached hydrogens (tertiary/aromatic N) is 5. The van der Waals surface area contributed by atoms with Crippen LogP contribution in [-0.2, 0) is 0 Å². The fourth-order valence-corrected chi connectivity index (χ4v) is 5.70. The van der Waals surface area contributed by atoms with E-state index in [4.69, 9.17) is 15.1 Å². The summed E-state index contributed by atoms with van der Waals surface area (Å²) in [5, 5.41) is 9.56.